The number of fused-ring (bicyclic) bond motifs is 1. The molecule has 1 amide bonds. The normalized spacial score (nSPS) is 15.9. The lowest BCUT2D eigenvalue weighted by molar-refractivity contribution is -0.141. The third-order valence-corrected chi connectivity index (χ3v) is 7.38. The summed E-state index contributed by atoms with van der Waals surface area (Å²) >= 11 is 1.32. The van der Waals surface area contributed by atoms with Crippen molar-refractivity contribution in [2.45, 2.75) is 39.0 Å². The van der Waals surface area contributed by atoms with Crippen molar-refractivity contribution in [1.82, 2.24) is 19.6 Å². The van der Waals surface area contributed by atoms with E-state index in [0.29, 0.717) is 42.2 Å². The summed E-state index contributed by atoms with van der Waals surface area (Å²) < 4.78 is 43.3. The summed E-state index contributed by atoms with van der Waals surface area (Å²) in [6, 6.07) is 9.43. The minimum atomic E-state index is -4.62. The summed E-state index contributed by atoms with van der Waals surface area (Å²) in [5.41, 5.74) is 1.88. The molecule has 194 valence electrons. The number of nitrogens with zero attached hydrogens (tertiary/aromatic N) is 5. The molecular formula is C27H28F3N5OS. The van der Waals surface area contributed by atoms with Gasteiger partial charge < -0.3 is 9.80 Å². The van der Waals surface area contributed by atoms with Gasteiger partial charge in [-0.05, 0) is 50.7 Å². The van der Waals surface area contributed by atoms with Crippen LogP contribution in [-0.4, -0.2) is 52.7 Å². The van der Waals surface area contributed by atoms with Crippen molar-refractivity contribution in [3.05, 3.63) is 74.8 Å². The average molecular weight is 528 g/mol. The molecule has 6 nitrogen and oxygen atoms in total. The number of alkyl halides is 3. The third kappa shape index (κ3) is 5.63. The van der Waals surface area contributed by atoms with E-state index in [0.717, 1.165) is 16.0 Å². The first-order valence-electron chi connectivity index (χ1n) is 11.9. The fourth-order valence-corrected chi connectivity index (χ4v) is 5.61. The predicted octanol–water partition coefficient (Wildman–Crippen LogP) is 5.42. The zero-order valence-electron chi connectivity index (χ0n) is 21.1. The Hall–Kier alpha value is -3.42. The van der Waals surface area contributed by atoms with Gasteiger partial charge in [0.2, 0.25) is 5.91 Å². The molecule has 0 saturated carbocycles. The molecule has 1 aromatic carbocycles. The number of thiophene rings is 1. The Kier molecular flexibility index (Phi) is 7.57. The van der Waals surface area contributed by atoms with E-state index >= 15 is 0 Å². The maximum absolute atomic E-state index is 14.0. The lowest BCUT2D eigenvalue weighted by atomic mass is 9.83. The Bertz CT molecular complexity index is 1380. The molecule has 3 heterocycles. The molecule has 1 unspecified atom stereocenters. The molecule has 0 bridgehead atoms. The largest absolute Gasteiger partial charge is 0.435 e. The van der Waals surface area contributed by atoms with Crippen LogP contribution in [0.2, 0.25) is 0 Å². The zero-order valence-corrected chi connectivity index (χ0v) is 22.0. The Morgan fingerprint density at radius 2 is 2.03 bits per heavy atom. The van der Waals surface area contributed by atoms with Crippen molar-refractivity contribution >= 4 is 17.2 Å². The van der Waals surface area contributed by atoms with E-state index in [2.05, 4.69) is 11.2 Å². The van der Waals surface area contributed by atoms with Gasteiger partial charge in [0.25, 0.3) is 0 Å². The number of amides is 1. The van der Waals surface area contributed by atoms with Gasteiger partial charge in [-0.3, -0.25) is 9.48 Å². The summed E-state index contributed by atoms with van der Waals surface area (Å²) in [5, 5.41) is 13.4. The standard InChI is InChI=1S/C27H28F3N5OS/c1-5-35-15-23(26(32-35)27(28,29)30)20-11-17(2)8-9-19(20)22-14-34(25(36)7-6-10-33(3)4)16-24-21(22)12-18(13-31)37-24/h6-9,11-12,15,22H,5,10,14,16H2,1-4H3/b7-6+. The molecule has 2 aromatic heterocycles. The van der Waals surface area contributed by atoms with E-state index in [9.17, 15) is 23.2 Å². The van der Waals surface area contributed by atoms with Crippen molar-refractivity contribution in [3.8, 4) is 17.2 Å². The van der Waals surface area contributed by atoms with E-state index < -0.39 is 17.8 Å². The second-order valence-corrected chi connectivity index (χ2v) is 10.5. The number of carbonyl (C=O) groups excluding carboxylic acids is 1. The van der Waals surface area contributed by atoms with E-state index in [-0.39, 0.29) is 11.5 Å². The highest BCUT2D eigenvalue weighted by molar-refractivity contribution is 7.12. The van der Waals surface area contributed by atoms with Gasteiger partial charge in [0.1, 0.15) is 10.9 Å². The molecule has 0 fully saturated rings. The number of benzene rings is 1. The summed E-state index contributed by atoms with van der Waals surface area (Å²) in [4.78, 5) is 18.1. The second-order valence-electron chi connectivity index (χ2n) is 9.37. The van der Waals surface area contributed by atoms with Crippen LogP contribution in [0.5, 0.6) is 0 Å². The number of carbonyl (C=O) groups is 1. The lowest BCUT2D eigenvalue weighted by Crippen LogP contribution is -2.37. The SMILES string of the molecule is CCn1cc(-c2cc(C)ccc2C2CN(C(=O)/C=C/CN(C)C)Cc3sc(C#N)cc32)c(C(F)(F)F)n1. The fourth-order valence-electron chi connectivity index (χ4n) is 4.57. The number of hydrogen-bond acceptors (Lipinski definition) is 5. The van der Waals surface area contributed by atoms with Crippen molar-refractivity contribution in [1.29, 1.82) is 5.26 Å². The van der Waals surface area contributed by atoms with E-state index in [4.69, 9.17) is 0 Å². The van der Waals surface area contributed by atoms with Crippen molar-refractivity contribution in [2.24, 2.45) is 0 Å². The number of rotatable bonds is 6. The van der Waals surface area contributed by atoms with Gasteiger partial charge in [-0.15, -0.1) is 11.3 Å². The number of aryl methyl sites for hydroxylation is 2. The number of halogens is 3. The Labute approximate surface area is 218 Å². The van der Waals surface area contributed by atoms with E-state index in [1.54, 1.807) is 30.0 Å². The molecule has 0 N–H and O–H groups in total. The molecule has 10 heteroatoms. The first-order chi connectivity index (χ1) is 17.5. The molecule has 0 spiro atoms. The van der Waals surface area contributed by atoms with Crippen LogP contribution in [-0.2, 0) is 24.1 Å². The van der Waals surface area contributed by atoms with Crippen LogP contribution in [0.1, 0.15) is 45.0 Å². The van der Waals surface area contributed by atoms with Gasteiger partial charge in [-0.2, -0.15) is 23.5 Å². The summed E-state index contributed by atoms with van der Waals surface area (Å²) in [6.07, 6.45) is 0.133. The first kappa shape index (κ1) is 26.6. The summed E-state index contributed by atoms with van der Waals surface area (Å²) in [7, 11) is 3.81. The van der Waals surface area contributed by atoms with Crippen LogP contribution in [0.3, 0.4) is 0 Å². The van der Waals surface area contributed by atoms with Crippen molar-refractivity contribution in [3.63, 3.8) is 0 Å². The number of aromatic nitrogens is 2. The summed E-state index contributed by atoms with van der Waals surface area (Å²) in [6.45, 7) is 5.13. The van der Waals surface area contributed by atoms with E-state index in [1.807, 2.05) is 38.1 Å². The third-order valence-electron chi connectivity index (χ3n) is 6.34. The Balaban J connectivity index is 1.85. The zero-order chi connectivity index (χ0) is 26.9. The monoisotopic (exact) mass is 527 g/mol. The molecule has 4 rings (SSSR count). The number of hydrogen-bond donors (Lipinski definition) is 0. The van der Waals surface area contributed by atoms with Crippen LogP contribution in [0.4, 0.5) is 13.2 Å². The quantitative estimate of drug-likeness (QED) is 0.402. The maximum atomic E-state index is 14.0. The van der Waals surface area contributed by atoms with Crippen LogP contribution in [0.25, 0.3) is 11.1 Å². The molecule has 3 aromatic rings. The Morgan fingerprint density at radius 3 is 2.68 bits per heavy atom. The van der Waals surface area contributed by atoms with Crippen LogP contribution >= 0.6 is 11.3 Å². The van der Waals surface area contributed by atoms with Crippen LogP contribution in [0, 0.1) is 18.3 Å². The molecule has 1 aliphatic heterocycles. The molecule has 0 saturated heterocycles. The first-order valence-corrected chi connectivity index (χ1v) is 12.7. The van der Waals surface area contributed by atoms with E-state index in [1.165, 1.54) is 28.3 Å². The molecule has 0 radical (unpaired) electrons. The number of likely N-dealkylation sites (N-methyl/N-ethyl adjacent to an activating group) is 1. The van der Waals surface area contributed by atoms with Gasteiger partial charge in [-0.1, -0.05) is 29.8 Å². The molecule has 0 aliphatic carbocycles. The molecular weight excluding hydrogens is 499 g/mol. The predicted molar refractivity (Wildman–Crippen MR) is 137 cm³/mol. The highest BCUT2D eigenvalue weighted by atomic mass is 32.1. The van der Waals surface area contributed by atoms with Crippen molar-refractivity contribution in [2.75, 3.05) is 27.2 Å². The van der Waals surface area contributed by atoms with Crippen LogP contribution < -0.4 is 0 Å². The topological polar surface area (TPSA) is 65.2 Å². The molecule has 37 heavy (non-hydrogen) atoms. The Morgan fingerprint density at radius 1 is 1.27 bits per heavy atom. The van der Waals surface area contributed by atoms with Gasteiger partial charge in [0.05, 0.1) is 6.54 Å². The van der Waals surface area contributed by atoms with Gasteiger partial charge in [-0.25, -0.2) is 0 Å². The second kappa shape index (κ2) is 10.5. The van der Waals surface area contributed by atoms with Crippen molar-refractivity contribution < 1.29 is 18.0 Å². The highest BCUT2D eigenvalue weighted by Gasteiger charge is 2.39. The fraction of sp³-hybridized carbons (Fsp3) is 0.370. The summed E-state index contributed by atoms with van der Waals surface area (Å²) in [5.74, 6) is -0.567. The van der Waals surface area contributed by atoms with Gasteiger partial charge in [0, 0.05) is 48.3 Å². The van der Waals surface area contributed by atoms with Crippen LogP contribution in [0.15, 0.2) is 42.6 Å². The molecule has 1 aliphatic rings. The van der Waals surface area contributed by atoms with Gasteiger partial charge in [0.15, 0.2) is 5.69 Å². The van der Waals surface area contributed by atoms with Gasteiger partial charge >= 0.3 is 6.18 Å². The minimum Gasteiger partial charge on any atom is -0.333 e. The average Bonchev–Trinajstić information content (AvgIpc) is 3.47. The minimum absolute atomic E-state index is 0.0136. The molecule has 1 atom stereocenters. The lowest BCUT2D eigenvalue weighted by Gasteiger charge is -2.33. The maximum Gasteiger partial charge on any atom is 0.435 e. The highest BCUT2D eigenvalue weighted by Crippen LogP contribution is 2.44. The number of nitriles is 1. The smallest absolute Gasteiger partial charge is 0.333 e.